The largest absolute Gasteiger partial charge is 0.497 e. The molecule has 2 aromatic rings. The molecule has 2 unspecified atom stereocenters. The third kappa shape index (κ3) is 6.34. The Kier molecular flexibility index (Phi) is 8.12. The van der Waals surface area contributed by atoms with Gasteiger partial charge in [-0.3, -0.25) is 0 Å². The van der Waals surface area contributed by atoms with Crippen LogP contribution < -0.4 is 9.47 Å². The molecule has 6 nitrogen and oxygen atoms in total. The Morgan fingerprint density at radius 2 is 2.06 bits per heavy atom. The van der Waals surface area contributed by atoms with E-state index in [0.29, 0.717) is 38.2 Å². The van der Waals surface area contributed by atoms with Crippen molar-refractivity contribution in [3.05, 3.63) is 59.4 Å². The number of methoxy groups -OCH3 is 1. The number of rotatable bonds is 9. The second-order valence-corrected chi connectivity index (χ2v) is 7.64. The molecule has 2 atom stereocenters. The summed E-state index contributed by atoms with van der Waals surface area (Å²) in [6.45, 7) is 2.67. The first kappa shape index (κ1) is 22.9. The number of carbonyl (C=O) groups is 1. The van der Waals surface area contributed by atoms with E-state index in [2.05, 4.69) is 0 Å². The van der Waals surface area contributed by atoms with Crippen LogP contribution in [-0.4, -0.2) is 55.1 Å². The first-order valence-corrected chi connectivity index (χ1v) is 10.7. The van der Waals surface area contributed by atoms with Gasteiger partial charge in [0.1, 0.15) is 17.3 Å². The molecule has 2 aromatic carbocycles. The van der Waals surface area contributed by atoms with Gasteiger partial charge in [0, 0.05) is 12.5 Å². The zero-order chi connectivity index (χ0) is 22.2. The molecule has 31 heavy (non-hydrogen) atoms. The number of ether oxygens (including phenoxy) is 3. The van der Waals surface area contributed by atoms with Gasteiger partial charge in [0.2, 0.25) is 0 Å². The van der Waals surface area contributed by atoms with Crippen molar-refractivity contribution in [2.75, 3.05) is 26.9 Å². The summed E-state index contributed by atoms with van der Waals surface area (Å²) in [5.41, 5.74) is 1.89. The third-order valence-corrected chi connectivity index (χ3v) is 5.44. The number of aliphatic hydroxyl groups excluding tert-OH is 1. The number of likely N-dealkylation sites (tertiary alicyclic amines) is 1. The van der Waals surface area contributed by atoms with Crippen LogP contribution in [0.1, 0.15) is 30.9 Å². The van der Waals surface area contributed by atoms with Crippen LogP contribution in [0.5, 0.6) is 11.5 Å². The number of hydrogen-bond acceptors (Lipinski definition) is 5. The lowest BCUT2D eigenvalue weighted by Crippen LogP contribution is -2.37. The van der Waals surface area contributed by atoms with Gasteiger partial charge in [-0.2, -0.15) is 0 Å². The molecule has 0 aliphatic carbocycles. The zero-order valence-corrected chi connectivity index (χ0v) is 18.1. The number of β-amino-alcohol motifs (C(OH)–C–C–N with tert-alkyl or cyclic N) is 1. The van der Waals surface area contributed by atoms with Crippen molar-refractivity contribution in [1.29, 1.82) is 0 Å². The van der Waals surface area contributed by atoms with E-state index in [1.54, 1.807) is 25.0 Å². The van der Waals surface area contributed by atoms with Crippen LogP contribution in [0.25, 0.3) is 0 Å². The van der Waals surface area contributed by atoms with Crippen LogP contribution in [-0.2, 0) is 17.6 Å². The molecule has 1 heterocycles. The standard InChI is InChI=1S/C24H30FNO5/c1-3-30-24(28)26-16-21(27)15-20(26)11-12-31-23-10-9-19(25)14-18(23)8-7-17-5-4-6-22(13-17)29-2/h4-6,9-10,13-14,20-21,27H,3,7-8,11-12,15-16H2,1-2H3. The van der Waals surface area contributed by atoms with Gasteiger partial charge in [0.25, 0.3) is 0 Å². The fraction of sp³-hybridized carbons (Fsp3) is 0.458. The minimum atomic E-state index is -0.557. The summed E-state index contributed by atoms with van der Waals surface area (Å²) in [7, 11) is 1.63. The molecule has 168 valence electrons. The minimum Gasteiger partial charge on any atom is -0.497 e. The first-order chi connectivity index (χ1) is 15.0. The molecule has 0 saturated carbocycles. The molecule has 0 spiro atoms. The van der Waals surface area contributed by atoms with E-state index >= 15 is 0 Å². The average Bonchev–Trinajstić information content (AvgIpc) is 3.14. The Hall–Kier alpha value is -2.80. The third-order valence-electron chi connectivity index (χ3n) is 5.44. The van der Waals surface area contributed by atoms with Crippen LogP contribution in [0.15, 0.2) is 42.5 Å². The van der Waals surface area contributed by atoms with E-state index in [9.17, 15) is 14.3 Å². The summed E-state index contributed by atoms with van der Waals surface area (Å²) in [4.78, 5) is 13.7. The van der Waals surface area contributed by atoms with Crippen molar-refractivity contribution in [2.24, 2.45) is 0 Å². The molecule has 1 aliphatic rings. The molecule has 1 amide bonds. The normalized spacial score (nSPS) is 18.1. The summed E-state index contributed by atoms with van der Waals surface area (Å²) in [6.07, 6.45) is 1.43. The number of benzene rings is 2. The second-order valence-electron chi connectivity index (χ2n) is 7.64. The fourth-order valence-electron chi connectivity index (χ4n) is 3.89. The molecule has 1 fully saturated rings. The van der Waals surface area contributed by atoms with Crippen molar-refractivity contribution in [2.45, 2.75) is 44.8 Å². The summed E-state index contributed by atoms with van der Waals surface area (Å²) < 4.78 is 30.1. The highest BCUT2D eigenvalue weighted by molar-refractivity contribution is 5.68. The van der Waals surface area contributed by atoms with Gasteiger partial charge in [-0.05, 0) is 67.6 Å². The number of carbonyl (C=O) groups excluding carboxylic acids is 1. The summed E-state index contributed by atoms with van der Waals surface area (Å²) in [5.74, 6) is 1.11. The van der Waals surface area contributed by atoms with Gasteiger partial charge >= 0.3 is 6.09 Å². The lowest BCUT2D eigenvalue weighted by molar-refractivity contribution is 0.0941. The molecule has 1 N–H and O–H groups in total. The Bertz CT molecular complexity index is 875. The molecular weight excluding hydrogens is 401 g/mol. The maximum absolute atomic E-state index is 13.9. The van der Waals surface area contributed by atoms with Gasteiger partial charge in [-0.1, -0.05) is 12.1 Å². The van der Waals surface area contributed by atoms with Crippen LogP contribution in [0, 0.1) is 5.82 Å². The SMILES string of the molecule is CCOC(=O)N1CC(O)CC1CCOc1ccc(F)cc1CCc1cccc(OC)c1. The van der Waals surface area contributed by atoms with Crippen LogP contribution in [0.4, 0.5) is 9.18 Å². The topological polar surface area (TPSA) is 68.2 Å². The summed E-state index contributed by atoms with van der Waals surface area (Å²) >= 11 is 0. The Labute approximate surface area is 182 Å². The van der Waals surface area contributed by atoms with Gasteiger partial charge in [-0.25, -0.2) is 9.18 Å². The van der Waals surface area contributed by atoms with E-state index < -0.39 is 12.2 Å². The van der Waals surface area contributed by atoms with Gasteiger partial charge in [-0.15, -0.1) is 0 Å². The number of amides is 1. The van der Waals surface area contributed by atoms with E-state index in [0.717, 1.165) is 23.3 Å². The van der Waals surface area contributed by atoms with E-state index in [1.165, 1.54) is 12.1 Å². The van der Waals surface area contributed by atoms with Gasteiger partial charge < -0.3 is 24.2 Å². The number of aliphatic hydroxyl groups is 1. The molecular formula is C24H30FNO5. The lowest BCUT2D eigenvalue weighted by atomic mass is 10.0. The highest BCUT2D eigenvalue weighted by Crippen LogP contribution is 2.25. The maximum Gasteiger partial charge on any atom is 0.410 e. The van der Waals surface area contributed by atoms with Crippen molar-refractivity contribution < 1.29 is 28.5 Å². The molecule has 1 saturated heterocycles. The number of nitrogens with zero attached hydrogens (tertiary/aromatic N) is 1. The summed E-state index contributed by atoms with van der Waals surface area (Å²) in [6, 6.07) is 12.2. The molecule has 0 radical (unpaired) electrons. The molecule has 1 aliphatic heterocycles. The quantitative estimate of drug-likeness (QED) is 0.651. The Morgan fingerprint density at radius 3 is 2.84 bits per heavy atom. The second kappa shape index (κ2) is 11.0. The van der Waals surface area contributed by atoms with Crippen molar-refractivity contribution in [1.82, 2.24) is 4.90 Å². The maximum atomic E-state index is 13.9. The zero-order valence-electron chi connectivity index (χ0n) is 18.1. The highest BCUT2D eigenvalue weighted by Gasteiger charge is 2.35. The van der Waals surface area contributed by atoms with Crippen LogP contribution >= 0.6 is 0 Å². The minimum absolute atomic E-state index is 0.144. The predicted molar refractivity (Wildman–Crippen MR) is 115 cm³/mol. The van der Waals surface area contributed by atoms with Crippen molar-refractivity contribution in [3.8, 4) is 11.5 Å². The molecule has 7 heteroatoms. The number of halogens is 1. The van der Waals surface area contributed by atoms with E-state index in [4.69, 9.17) is 14.2 Å². The first-order valence-electron chi connectivity index (χ1n) is 10.7. The average molecular weight is 432 g/mol. The monoisotopic (exact) mass is 431 g/mol. The van der Waals surface area contributed by atoms with Crippen LogP contribution in [0.3, 0.4) is 0 Å². The van der Waals surface area contributed by atoms with Crippen molar-refractivity contribution >= 4 is 6.09 Å². The number of aryl methyl sites for hydroxylation is 2. The predicted octanol–water partition coefficient (Wildman–Crippen LogP) is 3.98. The smallest absolute Gasteiger partial charge is 0.410 e. The lowest BCUT2D eigenvalue weighted by Gasteiger charge is -2.23. The van der Waals surface area contributed by atoms with Crippen molar-refractivity contribution in [3.63, 3.8) is 0 Å². The molecule has 0 bridgehead atoms. The van der Waals surface area contributed by atoms with Gasteiger partial charge in [0.15, 0.2) is 0 Å². The molecule has 0 aromatic heterocycles. The Morgan fingerprint density at radius 1 is 1.23 bits per heavy atom. The fourth-order valence-corrected chi connectivity index (χ4v) is 3.89. The number of hydrogen-bond donors (Lipinski definition) is 1. The van der Waals surface area contributed by atoms with E-state index in [-0.39, 0.29) is 18.4 Å². The molecule has 3 rings (SSSR count). The van der Waals surface area contributed by atoms with Gasteiger partial charge in [0.05, 0.1) is 33.0 Å². The van der Waals surface area contributed by atoms with E-state index in [1.807, 2.05) is 24.3 Å². The Balaban J connectivity index is 1.59. The van der Waals surface area contributed by atoms with Crippen LogP contribution in [0.2, 0.25) is 0 Å². The summed E-state index contributed by atoms with van der Waals surface area (Å²) in [5, 5.41) is 9.95. The highest BCUT2D eigenvalue weighted by atomic mass is 19.1.